The van der Waals surface area contributed by atoms with Crippen LogP contribution in [-0.4, -0.2) is 11.5 Å². The van der Waals surface area contributed by atoms with Gasteiger partial charge in [0.15, 0.2) is 0 Å². The van der Waals surface area contributed by atoms with Gasteiger partial charge >= 0.3 is 0 Å². The molecule has 1 aromatic heterocycles. The molecular weight excluding hydrogens is 232 g/mol. The number of fused-ring (bicyclic) bond motifs is 1. The summed E-state index contributed by atoms with van der Waals surface area (Å²) < 4.78 is 0. The minimum atomic E-state index is 0.677. The Hall–Kier alpha value is -1.41. The van der Waals surface area contributed by atoms with Crippen LogP contribution >= 0.6 is 0 Å². The number of aromatic nitrogens is 1. The van der Waals surface area contributed by atoms with Crippen LogP contribution in [0.4, 0.5) is 0 Å². The summed E-state index contributed by atoms with van der Waals surface area (Å²) in [7, 11) is 0. The monoisotopic (exact) mass is 252 g/mol. The predicted octanol–water partition coefficient (Wildman–Crippen LogP) is 3.51. The quantitative estimate of drug-likeness (QED) is 0.880. The third-order valence-corrected chi connectivity index (χ3v) is 4.77. The van der Waals surface area contributed by atoms with Crippen molar-refractivity contribution in [3.05, 3.63) is 42.1 Å². The Bertz CT molecular complexity index is 597. The third-order valence-electron chi connectivity index (χ3n) is 4.77. The second-order valence-electron chi connectivity index (χ2n) is 6.24. The first-order valence-corrected chi connectivity index (χ1v) is 7.41. The molecule has 1 N–H and O–H groups in total. The summed E-state index contributed by atoms with van der Waals surface area (Å²) in [5.41, 5.74) is 2.94. The maximum absolute atomic E-state index is 4.71. The second kappa shape index (κ2) is 4.31. The number of hydrogen-bond acceptors (Lipinski definition) is 2. The predicted molar refractivity (Wildman–Crippen MR) is 77.8 cm³/mol. The van der Waals surface area contributed by atoms with E-state index in [-0.39, 0.29) is 0 Å². The van der Waals surface area contributed by atoms with Crippen molar-refractivity contribution in [2.75, 3.05) is 6.54 Å². The fraction of sp³-hybridized carbons (Fsp3) is 0.471. The Morgan fingerprint density at radius 1 is 1.11 bits per heavy atom. The van der Waals surface area contributed by atoms with Crippen LogP contribution in [0.25, 0.3) is 10.9 Å². The maximum atomic E-state index is 4.71. The van der Waals surface area contributed by atoms with Gasteiger partial charge in [-0.1, -0.05) is 24.3 Å². The van der Waals surface area contributed by atoms with Crippen LogP contribution in [0, 0.1) is 11.3 Å². The summed E-state index contributed by atoms with van der Waals surface area (Å²) in [6.07, 6.45) is 5.82. The molecule has 19 heavy (non-hydrogen) atoms. The molecule has 4 rings (SSSR count). The topological polar surface area (TPSA) is 24.9 Å². The van der Waals surface area contributed by atoms with E-state index in [1.54, 1.807) is 0 Å². The molecule has 2 fully saturated rings. The molecule has 0 aliphatic heterocycles. The smallest absolute Gasteiger partial charge is 0.0705 e. The normalized spacial score (nSPS) is 20.6. The fourth-order valence-electron chi connectivity index (χ4n) is 3.23. The molecule has 98 valence electrons. The highest BCUT2D eigenvalue weighted by Crippen LogP contribution is 2.60. The number of benzene rings is 1. The first kappa shape index (κ1) is 11.4. The largest absolute Gasteiger partial charge is 0.311 e. The van der Waals surface area contributed by atoms with E-state index in [9.17, 15) is 0 Å². The first-order chi connectivity index (χ1) is 9.36. The zero-order valence-corrected chi connectivity index (χ0v) is 11.2. The van der Waals surface area contributed by atoms with Crippen molar-refractivity contribution in [1.29, 1.82) is 0 Å². The average molecular weight is 252 g/mol. The summed E-state index contributed by atoms with van der Waals surface area (Å²) in [6, 6.07) is 12.6. The van der Waals surface area contributed by atoms with E-state index in [1.165, 1.54) is 37.6 Å². The van der Waals surface area contributed by atoms with Gasteiger partial charge in [-0.15, -0.1) is 0 Å². The molecule has 0 spiro atoms. The van der Waals surface area contributed by atoms with Gasteiger partial charge in [0.1, 0.15) is 0 Å². The summed E-state index contributed by atoms with van der Waals surface area (Å²) in [6.45, 7) is 2.09. The van der Waals surface area contributed by atoms with E-state index in [2.05, 4.69) is 41.7 Å². The summed E-state index contributed by atoms with van der Waals surface area (Å²) in [5, 5.41) is 4.85. The van der Waals surface area contributed by atoms with E-state index in [1.807, 2.05) is 0 Å². The number of rotatable bonds is 5. The van der Waals surface area contributed by atoms with E-state index >= 15 is 0 Å². The molecule has 0 atom stereocenters. The minimum absolute atomic E-state index is 0.677. The molecule has 2 nitrogen and oxygen atoms in total. The third kappa shape index (κ3) is 2.25. The zero-order chi connectivity index (χ0) is 12.7. The van der Waals surface area contributed by atoms with Crippen molar-refractivity contribution in [2.45, 2.75) is 32.2 Å². The molecule has 2 aliphatic rings. The Morgan fingerprint density at radius 2 is 1.95 bits per heavy atom. The Morgan fingerprint density at radius 3 is 2.74 bits per heavy atom. The van der Waals surface area contributed by atoms with Gasteiger partial charge in [-0.3, -0.25) is 4.98 Å². The van der Waals surface area contributed by atoms with Crippen LogP contribution in [0.15, 0.2) is 36.4 Å². The SMILES string of the molecule is c1ccc2nc(CNCC3(C4CC4)CC3)ccc2c1. The van der Waals surface area contributed by atoms with Gasteiger partial charge in [0.05, 0.1) is 11.2 Å². The van der Waals surface area contributed by atoms with Gasteiger partial charge in [-0.25, -0.2) is 0 Å². The molecule has 2 aliphatic carbocycles. The van der Waals surface area contributed by atoms with Crippen LogP contribution in [0.3, 0.4) is 0 Å². The highest BCUT2D eigenvalue weighted by Gasteiger charge is 2.53. The Labute approximate surface area is 114 Å². The van der Waals surface area contributed by atoms with Gasteiger partial charge < -0.3 is 5.32 Å². The van der Waals surface area contributed by atoms with Crippen molar-refractivity contribution in [3.63, 3.8) is 0 Å². The first-order valence-electron chi connectivity index (χ1n) is 7.41. The van der Waals surface area contributed by atoms with E-state index in [0.29, 0.717) is 5.41 Å². The number of hydrogen-bond donors (Lipinski definition) is 1. The highest BCUT2D eigenvalue weighted by atomic mass is 14.9. The number of pyridine rings is 1. The van der Waals surface area contributed by atoms with Gasteiger partial charge in [-0.05, 0) is 49.1 Å². The lowest BCUT2D eigenvalue weighted by molar-refractivity contribution is 0.402. The summed E-state index contributed by atoms with van der Waals surface area (Å²) >= 11 is 0. The molecule has 0 radical (unpaired) electrons. The number of nitrogens with one attached hydrogen (secondary N) is 1. The Balaban J connectivity index is 1.41. The number of para-hydroxylation sites is 1. The summed E-state index contributed by atoms with van der Waals surface area (Å²) in [5.74, 6) is 1.03. The van der Waals surface area contributed by atoms with Gasteiger partial charge in [0, 0.05) is 18.5 Å². The van der Waals surface area contributed by atoms with Crippen molar-refractivity contribution in [2.24, 2.45) is 11.3 Å². The lowest BCUT2D eigenvalue weighted by atomic mass is 10.0. The van der Waals surface area contributed by atoms with Crippen LogP contribution < -0.4 is 5.32 Å². The van der Waals surface area contributed by atoms with E-state index < -0.39 is 0 Å². The fourth-order valence-corrected chi connectivity index (χ4v) is 3.23. The van der Waals surface area contributed by atoms with Gasteiger partial charge in [0.2, 0.25) is 0 Å². The molecule has 0 saturated heterocycles. The Kier molecular flexibility index (Phi) is 2.59. The molecule has 2 heteroatoms. The lowest BCUT2D eigenvalue weighted by Gasteiger charge is -2.14. The van der Waals surface area contributed by atoms with Crippen LogP contribution in [0.2, 0.25) is 0 Å². The molecule has 2 saturated carbocycles. The van der Waals surface area contributed by atoms with E-state index in [0.717, 1.165) is 23.7 Å². The van der Waals surface area contributed by atoms with Crippen LogP contribution in [0.5, 0.6) is 0 Å². The van der Waals surface area contributed by atoms with Crippen molar-refractivity contribution in [3.8, 4) is 0 Å². The minimum Gasteiger partial charge on any atom is -0.311 e. The van der Waals surface area contributed by atoms with Crippen LogP contribution in [-0.2, 0) is 6.54 Å². The van der Waals surface area contributed by atoms with Crippen molar-refractivity contribution >= 4 is 10.9 Å². The summed E-state index contributed by atoms with van der Waals surface area (Å²) in [4.78, 5) is 4.71. The van der Waals surface area contributed by atoms with Crippen LogP contribution in [0.1, 0.15) is 31.4 Å². The van der Waals surface area contributed by atoms with Crippen molar-refractivity contribution < 1.29 is 0 Å². The molecule has 2 aromatic rings. The van der Waals surface area contributed by atoms with Gasteiger partial charge in [-0.2, -0.15) is 0 Å². The number of nitrogens with zero attached hydrogens (tertiary/aromatic N) is 1. The molecule has 1 heterocycles. The lowest BCUT2D eigenvalue weighted by Crippen LogP contribution is -2.25. The maximum Gasteiger partial charge on any atom is 0.0705 e. The van der Waals surface area contributed by atoms with Gasteiger partial charge in [0.25, 0.3) is 0 Å². The molecule has 0 amide bonds. The molecule has 0 unspecified atom stereocenters. The highest BCUT2D eigenvalue weighted by molar-refractivity contribution is 5.78. The average Bonchev–Trinajstić information content (AvgIpc) is 3.31. The second-order valence-corrected chi connectivity index (χ2v) is 6.24. The zero-order valence-electron chi connectivity index (χ0n) is 11.2. The molecular formula is C17H20N2. The molecule has 1 aromatic carbocycles. The standard InChI is InChI=1S/C17H20N2/c1-2-4-16-13(3-1)5-8-15(19-16)11-18-12-17(9-10-17)14-6-7-14/h1-5,8,14,18H,6-7,9-12H2. The van der Waals surface area contributed by atoms with Crippen molar-refractivity contribution in [1.82, 2.24) is 10.3 Å². The molecule has 0 bridgehead atoms. The van der Waals surface area contributed by atoms with E-state index in [4.69, 9.17) is 4.98 Å².